The molecule has 0 heterocycles. The molecule has 2 aromatic carbocycles. The summed E-state index contributed by atoms with van der Waals surface area (Å²) >= 11 is 1.91. The van der Waals surface area contributed by atoms with Crippen LogP contribution in [0.5, 0.6) is 0 Å². The Labute approximate surface area is 122 Å². The molecule has 0 atom stereocenters. The standard InChI is InChI=1S/C17H22SSi/c1-14-5-9-16(10-6-14)18-13-15-7-11-17(12-8-15)19(2,3)4/h5-12H,13H2,1-4H3. The van der Waals surface area contributed by atoms with Crippen LogP contribution in [-0.2, 0) is 5.75 Å². The first kappa shape index (κ1) is 14.4. The van der Waals surface area contributed by atoms with Crippen molar-refractivity contribution in [1.29, 1.82) is 0 Å². The predicted octanol–water partition coefficient (Wildman–Crippen LogP) is 4.83. The fraction of sp³-hybridized carbons (Fsp3) is 0.294. The van der Waals surface area contributed by atoms with Gasteiger partial charge in [-0.1, -0.05) is 66.8 Å². The van der Waals surface area contributed by atoms with Crippen LogP contribution in [0.25, 0.3) is 0 Å². The molecule has 0 unspecified atom stereocenters. The first-order valence-corrected chi connectivity index (χ1v) is 11.2. The molecule has 0 nitrogen and oxygen atoms in total. The summed E-state index contributed by atoms with van der Waals surface area (Å²) in [5, 5.41) is 1.54. The first-order valence-electron chi connectivity index (χ1n) is 6.74. The van der Waals surface area contributed by atoms with Crippen molar-refractivity contribution in [2.45, 2.75) is 37.2 Å². The summed E-state index contributed by atoms with van der Waals surface area (Å²) in [6.07, 6.45) is 0. The summed E-state index contributed by atoms with van der Waals surface area (Å²) in [5.74, 6) is 1.05. The molecule has 0 fully saturated rings. The Kier molecular flexibility index (Phi) is 4.53. The lowest BCUT2D eigenvalue weighted by molar-refractivity contribution is 1.35. The fourth-order valence-electron chi connectivity index (χ4n) is 1.90. The van der Waals surface area contributed by atoms with Crippen LogP contribution in [0.1, 0.15) is 11.1 Å². The highest BCUT2D eigenvalue weighted by Gasteiger charge is 2.15. The van der Waals surface area contributed by atoms with E-state index in [-0.39, 0.29) is 0 Å². The van der Waals surface area contributed by atoms with Gasteiger partial charge in [-0.25, -0.2) is 0 Å². The fourth-order valence-corrected chi connectivity index (χ4v) is 3.92. The zero-order valence-corrected chi connectivity index (χ0v) is 14.1. The lowest BCUT2D eigenvalue weighted by Gasteiger charge is -2.16. The Morgan fingerprint density at radius 2 is 1.42 bits per heavy atom. The highest BCUT2D eigenvalue weighted by Crippen LogP contribution is 2.22. The first-order chi connectivity index (χ1) is 8.95. The summed E-state index contributed by atoms with van der Waals surface area (Å²) in [6, 6.07) is 18.0. The van der Waals surface area contributed by atoms with E-state index in [0.717, 1.165) is 5.75 Å². The molecule has 0 N–H and O–H groups in total. The van der Waals surface area contributed by atoms with Crippen molar-refractivity contribution in [1.82, 2.24) is 0 Å². The van der Waals surface area contributed by atoms with Crippen molar-refractivity contribution in [2.24, 2.45) is 0 Å². The van der Waals surface area contributed by atoms with Crippen molar-refractivity contribution in [3.05, 3.63) is 59.7 Å². The van der Waals surface area contributed by atoms with Gasteiger partial charge in [-0.2, -0.15) is 0 Å². The van der Waals surface area contributed by atoms with Crippen molar-refractivity contribution in [3.8, 4) is 0 Å². The van der Waals surface area contributed by atoms with Crippen LogP contribution in [-0.4, -0.2) is 8.07 Å². The SMILES string of the molecule is Cc1ccc(SCc2ccc([Si](C)(C)C)cc2)cc1. The highest BCUT2D eigenvalue weighted by atomic mass is 32.2. The summed E-state index contributed by atoms with van der Waals surface area (Å²) < 4.78 is 0. The van der Waals surface area contributed by atoms with Gasteiger partial charge in [0.15, 0.2) is 0 Å². The van der Waals surface area contributed by atoms with Gasteiger partial charge in [0.1, 0.15) is 0 Å². The third-order valence-electron chi connectivity index (χ3n) is 3.25. The quantitative estimate of drug-likeness (QED) is 0.573. The highest BCUT2D eigenvalue weighted by molar-refractivity contribution is 7.98. The second-order valence-corrected chi connectivity index (χ2v) is 12.2. The summed E-state index contributed by atoms with van der Waals surface area (Å²) in [7, 11) is -1.16. The summed E-state index contributed by atoms with van der Waals surface area (Å²) in [4.78, 5) is 1.35. The van der Waals surface area contributed by atoms with Gasteiger partial charge in [-0.05, 0) is 24.6 Å². The maximum Gasteiger partial charge on any atom is 0.0775 e. The number of thioether (sulfide) groups is 1. The minimum Gasteiger partial charge on any atom is -0.121 e. The molecule has 0 radical (unpaired) electrons. The molecule has 2 heteroatoms. The molecule has 19 heavy (non-hydrogen) atoms. The number of rotatable bonds is 4. The van der Waals surface area contributed by atoms with Crippen LogP contribution in [0.15, 0.2) is 53.4 Å². The minimum atomic E-state index is -1.16. The molecule has 0 aliphatic rings. The van der Waals surface area contributed by atoms with Gasteiger partial charge in [-0.3, -0.25) is 0 Å². The summed E-state index contributed by atoms with van der Waals surface area (Å²) in [6.45, 7) is 9.30. The molecule has 2 rings (SSSR count). The Morgan fingerprint density at radius 1 is 0.842 bits per heavy atom. The predicted molar refractivity (Wildman–Crippen MR) is 90.2 cm³/mol. The van der Waals surface area contributed by atoms with E-state index in [1.807, 2.05) is 11.8 Å². The van der Waals surface area contributed by atoms with E-state index >= 15 is 0 Å². The molecule has 0 saturated carbocycles. The average molecular weight is 287 g/mol. The molecule has 0 aromatic heterocycles. The molecule has 100 valence electrons. The van der Waals surface area contributed by atoms with Crippen LogP contribution in [0.2, 0.25) is 19.6 Å². The average Bonchev–Trinajstić information content (AvgIpc) is 2.37. The van der Waals surface area contributed by atoms with Crippen molar-refractivity contribution in [2.75, 3.05) is 0 Å². The number of hydrogen-bond acceptors (Lipinski definition) is 1. The number of aryl methyl sites for hydroxylation is 1. The van der Waals surface area contributed by atoms with Gasteiger partial charge < -0.3 is 0 Å². The molecule has 0 saturated heterocycles. The zero-order chi connectivity index (χ0) is 13.9. The van der Waals surface area contributed by atoms with Gasteiger partial charge in [0, 0.05) is 10.6 Å². The van der Waals surface area contributed by atoms with E-state index in [4.69, 9.17) is 0 Å². The largest absolute Gasteiger partial charge is 0.121 e. The Bertz CT molecular complexity index is 521. The van der Waals surface area contributed by atoms with E-state index in [9.17, 15) is 0 Å². The summed E-state index contributed by atoms with van der Waals surface area (Å²) in [5.41, 5.74) is 2.73. The molecule has 0 aliphatic carbocycles. The lowest BCUT2D eigenvalue weighted by Crippen LogP contribution is -2.37. The molecule has 0 bridgehead atoms. The van der Waals surface area contributed by atoms with E-state index in [1.165, 1.54) is 21.2 Å². The lowest BCUT2D eigenvalue weighted by atomic mass is 10.2. The monoisotopic (exact) mass is 286 g/mol. The Balaban J connectivity index is 1.98. The van der Waals surface area contributed by atoms with Crippen LogP contribution in [0.4, 0.5) is 0 Å². The van der Waals surface area contributed by atoms with Gasteiger partial charge in [-0.15, -0.1) is 11.8 Å². The van der Waals surface area contributed by atoms with Crippen LogP contribution in [0, 0.1) is 6.92 Å². The van der Waals surface area contributed by atoms with E-state index in [0.29, 0.717) is 0 Å². The van der Waals surface area contributed by atoms with Gasteiger partial charge in [0.25, 0.3) is 0 Å². The number of hydrogen-bond donors (Lipinski definition) is 0. The Morgan fingerprint density at radius 3 is 1.95 bits per heavy atom. The Hall–Kier alpha value is -0.993. The molecular formula is C17H22SSi. The molecule has 0 amide bonds. The molecule has 2 aromatic rings. The van der Waals surface area contributed by atoms with Crippen molar-refractivity contribution >= 4 is 25.0 Å². The van der Waals surface area contributed by atoms with Crippen LogP contribution < -0.4 is 5.19 Å². The smallest absolute Gasteiger partial charge is 0.0775 e. The normalized spacial score (nSPS) is 11.6. The van der Waals surface area contributed by atoms with Crippen molar-refractivity contribution < 1.29 is 0 Å². The zero-order valence-electron chi connectivity index (χ0n) is 12.2. The van der Waals surface area contributed by atoms with Gasteiger partial charge in [0.2, 0.25) is 0 Å². The maximum absolute atomic E-state index is 2.39. The maximum atomic E-state index is 2.39. The van der Waals surface area contributed by atoms with Gasteiger partial charge in [0.05, 0.1) is 8.07 Å². The third-order valence-corrected chi connectivity index (χ3v) is 6.40. The third kappa shape index (κ3) is 4.25. The van der Waals surface area contributed by atoms with E-state index in [2.05, 4.69) is 75.1 Å². The van der Waals surface area contributed by atoms with E-state index < -0.39 is 8.07 Å². The minimum absolute atomic E-state index is 1.05. The second-order valence-electron chi connectivity index (χ2n) is 6.05. The molecule has 0 aliphatic heterocycles. The topological polar surface area (TPSA) is 0 Å². The van der Waals surface area contributed by atoms with Gasteiger partial charge >= 0.3 is 0 Å². The van der Waals surface area contributed by atoms with Crippen LogP contribution >= 0.6 is 11.8 Å². The van der Waals surface area contributed by atoms with E-state index in [1.54, 1.807) is 0 Å². The molecular weight excluding hydrogens is 264 g/mol. The molecule has 0 spiro atoms. The second kappa shape index (κ2) is 5.97. The van der Waals surface area contributed by atoms with Crippen LogP contribution in [0.3, 0.4) is 0 Å². The van der Waals surface area contributed by atoms with Crippen molar-refractivity contribution in [3.63, 3.8) is 0 Å². The number of benzene rings is 2.